The van der Waals surface area contributed by atoms with Crippen LogP contribution in [0.15, 0.2) is 41.0 Å². The van der Waals surface area contributed by atoms with Gasteiger partial charge in [-0.05, 0) is 37.3 Å². The predicted octanol–water partition coefficient (Wildman–Crippen LogP) is 3.89. The van der Waals surface area contributed by atoms with E-state index in [-0.39, 0.29) is 22.4 Å². The first-order chi connectivity index (χ1) is 10.5. The number of halogens is 1. The molecule has 5 nitrogen and oxygen atoms in total. The Kier molecular flexibility index (Phi) is 5.51. The molecule has 1 unspecified atom stereocenters. The Morgan fingerprint density at radius 2 is 2.18 bits per heavy atom. The first-order valence-electron chi connectivity index (χ1n) is 6.45. The standard InChI is InChI=1S/C15H14ClNO4S/c1-9(22-8-11-3-2-6-21-11)14(18)17-13-7-10(15(19)20)4-5-12(13)16/h2-7,9H,8H2,1H3,(H,17,18)(H,19,20). The highest BCUT2D eigenvalue weighted by Gasteiger charge is 2.16. The lowest BCUT2D eigenvalue weighted by Crippen LogP contribution is -2.23. The second kappa shape index (κ2) is 7.38. The zero-order valence-electron chi connectivity index (χ0n) is 11.7. The molecule has 0 aliphatic heterocycles. The van der Waals surface area contributed by atoms with Crippen LogP contribution in [0.2, 0.25) is 5.02 Å². The minimum atomic E-state index is -1.08. The fraction of sp³-hybridized carbons (Fsp3) is 0.200. The van der Waals surface area contributed by atoms with Gasteiger partial charge in [-0.15, -0.1) is 11.8 Å². The third-order valence-corrected chi connectivity index (χ3v) is 4.39. The van der Waals surface area contributed by atoms with Crippen molar-refractivity contribution in [2.24, 2.45) is 0 Å². The Morgan fingerprint density at radius 3 is 2.82 bits per heavy atom. The molecule has 22 heavy (non-hydrogen) atoms. The number of furan rings is 1. The minimum Gasteiger partial charge on any atom is -0.478 e. The molecule has 1 atom stereocenters. The molecule has 1 heterocycles. The molecule has 0 aliphatic carbocycles. The number of aromatic carboxylic acids is 1. The largest absolute Gasteiger partial charge is 0.478 e. The summed E-state index contributed by atoms with van der Waals surface area (Å²) in [7, 11) is 0. The number of nitrogens with one attached hydrogen (secondary N) is 1. The third-order valence-electron chi connectivity index (χ3n) is 2.90. The van der Waals surface area contributed by atoms with Crippen molar-refractivity contribution >= 4 is 40.9 Å². The molecule has 0 saturated heterocycles. The summed E-state index contributed by atoms with van der Waals surface area (Å²) in [4.78, 5) is 23.1. The summed E-state index contributed by atoms with van der Waals surface area (Å²) in [5.41, 5.74) is 0.354. The molecule has 2 N–H and O–H groups in total. The van der Waals surface area contributed by atoms with Crippen molar-refractivity contribution in [1.29, 1.82) is 0 Å². The summed E-state index contributed by atoms with van der Waals surface area (Å²) in [6, 6.07) is 7.80. The van der Waals surface area contributed by atoms with E-state index in [1.807, 2.05) is 6.07 Å². The van der Waals surface area contributed by atoms with E-state index >= 15 is 0 Å². The average Bonchev–Trinajstić information content (AvgIpc) is 3.00. The molecular weight excluding hydrogens is 326 g/mol. The lowest BCUT2D eigenvalue weighted by molar-refractivity contribution is -0.115. The van der Waals surface area contributed by atoms with Crippen LogP contribution in [0, 0.1) is 0 Å². The van der Waals surface area contributed by atoms with Gasteiger partial charge in [-0.3, -0.25) is 4.79 Å². The van der Waals surface area contributed by atoms with E-state index in [1.54, 1.807) is 19.3 Å². The zero-order valence-corrected chi connectivity index (χ0v) is 13.3. The van der Waals surface area contributed by atoms with Crippen LogP contribution in [-0.2, 0) is 10.5 Å². The fourth-order valence-corrected chi connectivity index (χ4v) is 2.62. The second-order valence-corrected chi connectivity index (χ2v) is 6.26. The summed E-state index contributed by atoms with van der Waals surface area (Å²) < 4.78 is 5.20. The summed E-state index contributed by atoms with van der Waals surface area (Å²) in [6.07, 6.45) is 1.58. The normalized spacial score (nSPS) is 11.9. The Hall–Kier alpha value is -1.92. The molecule has 1 aromatic heterocycles. The van der Waals surface area contributed by atoms with E-state index in [0.717, 1.165) is 5.76 Å². The highest BCUT2D eigenvalue weighted by Crippen LogP contribution is 2.25. The van der Waals surface area contributed by atoms with E-state index in [4.69, 9.17) is 21.1 Å². The third kappa shape index (κ3) is 4.29. The van der Waals surface area contributed by atoms with Gasteiger partial charge in [-0.25, -0.2) is 4.79 Å². The number of carboxylic acid groups (broad SMARTS) is 1. The van der Waals surface area contributed by atoms with Gasteiger partial charge < -0.3 is 14.8 Å². The van der Waals surface area contributed by atoms with Gasteiger partial charge in [0.05, 0.1) is 33.5 Å². The number of carboxylic acids is 1. The van der Waals surface area contributed by atoms with Crippen LogP contribution in [0.25, 0.3) is 0 Å². The van der Waals surface area contributed by atoms with Gasteiger partial charge in [-0.2, -0.15) is 0 Å². The molecule has 0 spiro atoms. The maximum absolute atomic E-state index is 12.1. The Morgan fingerprint density at radius 1 is 1.41 bits per heavy atom. The SMILES string of the molecule is CC(SCc1ccco1)C(=O)Nc1cc(C(=O)O)ccc1Cl. The van der Waals surface area contributed by atoms with Crippen LogP contribution < -0.4 is 5.32 Å². The first-order valence-corrected chi connectivity index (χ1v) is 7.87. The van der Waals surface area contributed by atoms with Crippen molar-refractivity contribution in [2.75, 3.05) is 5.32 Å². The van der Waals surface area contributed by atoms with E-state index < -0.39 is 5.97 Å². The van der Waals surface area contributed by atoms with E-state index in [2.05, 4.69) is 5.32 Å². The molecule has 0 radical (unpaired) electrons. The van der Waals surface area contributed by atoms with Crippen LogP contribution in [0.3, 0.4) is 0 Å². The molecule has 2 aromatic rings. The average molecular weight is 340 g/mol. The van der Waals surface area contributed by atoms with Gasteiger partial charge in [0.2, 0.25) is 5.91 Å². The molecule has 1 aromatic carbocycles. The molecular formula is C15H14ClNO4S. The monoisotopic (exact) mass is 339 g/mol. The zero-order chi connectivity index (χ0) is 16.1. The smallest absolute Gasteiger partial charge is 0.335 e. The minimum absolute atomic E-state index is 0.0654. The summed E-state index contributed by atoms with van der Waals surface area (Å²) >= 11 is 7.39. The number of hydrogen-bond acceptors (Lipinski definition) is 4. The van der Waals surface area contributed by atoms with Crippen molar-refractivity contribution in [2.45, 2.75) is 17.9 Å². The molecule has 0 aliphatic rings. The van der Waals surface area contributed by atoms with Crippen LogP contribution in [-0.4, -0.2) is 22.2 Å². The molecule has 0 bridgehead atoms. The fourth-order valence-electron chi connectivity index (χ4n) is 1.67. The van der Waals surface area contributed by atoms with Crippen molar-refractivity contribution in [3.05, 3.63) is 52.9 Å². The first kappa shape index (κ1) is 16.5. The molecule has 1 amide bonds. The number of amides is 1. The van der Waals surface area contributed by atoms with Crippen LogP contribution in [0.4, 0.5) is 5.69 Å². The number of benzene rings is 1. The number of carbonyl (C=O) groups excluding carboxylic acids is 1. The Labute approximate surface area is 136 Å². The van der Waals surface area contributed by atoms with Gasteiger partial charge in [0.15, 0.2) is 0 Å². The van der Waals surface area contributed by atoms with Gasteiger partial charge in [0.1, 0.15) is 5.76 Å². The highest BCUT2D eigenvalue weighted by atomic mass is 35.5. The lowest BCUT2D eigenvalue weighted by atomic mass is 10.2. The summed E-state index contributed by atoms with van der Waals surface area (Å²) in [5.74, 6) is 0.0359. The Bertz CT molecular complexity index is 672. The van der Waals surface area contributed by atoms with Gasteiger partial charge in [0.25, 0.3) is 0 Å². The van der Waals surface area contributed by atoms with Crippen LogP contribution >= 0.6 is 23.4 Å². The molecule has 0 saturated carbocycles. The quantitative estimate of drug-likeness (QED) is 0.834. The number of thioether (sulfide) groups is 1. The summed E-state index contributed by atoms with van der Waals surface area (Å²) in [5, 5.41) is 11.6. The van der Waals surface area contributed by atoms with Crippen LogP contribution in [0.5, 0.6) is 0 Å². The van der Waals surface area contributed by atoms with Crippen molar-refractivity contribution in [3.63, 3.8) is 0 Å². The van der Waals surface area contributed by atoms with E-state index in [0.29, 0.717) is 10.8 Å². The van der Waals surface area contributed by atoms with Gasteiger partial charge >= 0.3 is 5.97 Å². The molecule has 2 rings (SSSR count). The van der Waals surface area contributed by atoms with Gasteiger partial charge in [-0.1, -0.05) is 11.6 Å². The second-order valence-electron chi connectivity index (χ2n) is 4.52. The molecule has 116 valence electrons. The number of hydrogen-bond donors (Lipinski definition) is 2. The summed E-state index contributed by atoms with van der Waals surface area (Å²) in [6.45, 7) is 1.76. The number of anilines is 1. The Balaban J connectivity index is 1.98. The lowest BCUT2D eigenvalue weighted by Gasteiger charge is -2.13. The molecule has 7 heteroatoms. The van der Waals surface area contributed by atoms with E-state index in [1.165, 1.54) is 30.0 Å². The predicted molar refractivity (Wildman–Crippen MR) is 86.5 cm³/mol. The molecule has 0 fully saturated rings. The van der Waals surface area contributed by atoms with Crippen molar-refractivity contribution in [3.8, 4) is 0 Å². The maximum atomic E-state index is 12.1. The maximum Gasteiger partial charge on any atom is 0.335 e. The topological polar surface area (TPSA) is 79.5 Å². The number of rotatable bonds is 6. The van der Waals surface area contributed by atoms with E-state index in [9.17, 15) is 9.59 Å². The highest BCUT2D eigenvalue weighted by molar-refractivity contribution is 7.99. The van der Waals surface area contributed by atoms with Crippen molar-refractivity contribution < 1.29 is 19.1 Å². The number of carbonyl (C=O) groups is 2. The van der Waals surface area contributed by atoms with Crippen LogP contribution in [0.1, 0.15) is 23.0 Å². The van der Waals surface area contributed by atoms with Gasteiger partial charge in [0, 0.05) is 0 Å². The van der Waals surface area contributed by atoms with Crippen molar-refractivity contribution in [1.82, 2.24) is 0 Å².